The standard InChI is InChI=1S/C18H17BrO4/c1-4-23-18(22)14-9-13(10(2)16(14)11(3)20)17(21)12-7-5-6-8-15(12)19/h5-9,21H,4H2,1-3H3/b17-13-. The van der Waals surface area contributed by atoms with Crippen LogP contribution in [0.5, 0.6) is 0 Å². The second-order valence-electron chi connectivity index (χ2n) is 5.08. The highest BCUT2D eigenvalue weighted by molar-refractivity contribution is 9.10. The normalized spacial score (nSPS) is 16.3. The number of hydrogen-bond donors (Lipinski definition) is 1. The average Bonchev–Trinajstić information content (AvgIpc) is 2.85. The van der Waals surface area contributed by atoms with Crippen LogP contribution in [0.25, 0.3) is 5.76 Å². The third-order valence-electron chi connectivity index (χ3n) is 3.57. The Morgan fingerprint density at radius 2 is 1.91 bits per heavy atom. The van der Waals surface area contributed by atoms with Gasteiger partial charge >= 0.3 is 5.97 Å². The van der Waals surface area contributed by atoms with Crippen LogP contribution in [0.3, 0.4) is 0 Å². The van der Waals surface area contributed by atoms with Crippen LogP contribution in [-0.2, 0) is 14.3 Å². The van der Waals surface area contributed by atoms with Crippen molar-refractivity contribution in [1.82, 2.24) is 0 Å². The van der Waals surface area contributed by atoms with Gasteiger partial charge in [0.2, 0.25) is 0 Å². The first-order valence-corrected chi connectivity index (χ1v) is 7.97. The number of Topliss-reactive ketones (excluding diaryl/α,β-unsaturated/α-hetero) is 1. The predicted molar refractivity (Wildman–Crippen MR) is 91.8 cm³/mol. The van der Waals surface area contributed by atoms with Crippen molar-refractivity contribution < 1.29 is 19.4 Å². The summed E-state index contributed by atoms with van der Waals surface area (Å²) in [5.74, 6) is -0.795. The molecule has 0 aliphatic heterocycles. The van der Waals surface area contributed by atoms with Crippen molar-refractivity contribution >= 4 is 33.4 Å². The number of ether oxygens (including phenoxy) is 1. The maximum absolute atomic E-state index is 12.1. The molecule has 0 fully saturated rings. The van der Waals surface area contributed by atoms with Crippen molar-refractivity contribution in [2.45, 2.75) is 20.8 Å². The van der Waals surface area contributed by atoms with Crippen molar-refractivity contribution in [3.05, 3.63) is 62.7 Å². The molecule has 0 amide bonds. The molecule has 4 nitrogen and oxygen atoms in total. The summed E-state index contributed by atoms with van der Waals surface area (Å²) in [6.07, 6.45) is 1.51. The summed E-state index contributed by atoms with van der Waals surface area (Å²) in [5.41, 5.74) is 2.08. The number of benzene rings is 1. The van der Waals surface area contributed by atoms with E-state index in [0.29, 0.717) is 16.7 Å². The van der Waals surface area contributed by atoms with Crippen LogP contribution in [-0.4, -0.2) is 23.5 Å². The molecule has 1 aromatic carbocycles. The lowest BCUT2D eigenvalue weighted by Crippen LogP contribution is -2.12. The van der Waals surface area contributed by atoms with Crippen molar-refractivity contribution in [2.75, 3.05) is 6.61 Å². The fourth-order valence-electron chi connectivity index (χ4n) is 2.53. The number of allylic oxidation sites excluding steroid dienone is 3. The summed E-state index contributed by atoms with van der Waals surface area (Å²) in [5, 5.41) is 10.6. The predicted octanol–water partition coefficient (Wildman–Crippen LogP) is 4.13. The number of hydrogen-bond acceptors (Lipinski definition) is 4. The fraction of sp³-hybridized carbons (Fsp3) is 0.222. The van der Waals surface area contributed by atoms with Gasteiger partial charge in [-0.05, 0) is 38.5 Å². The van der Waals surface area contributed by atoms with E-state index < -0.39 is 5.97 Å². The fourth-order valence-corrected chi connectivity index (χ4v) is 3.00. The van der Waals surface area contributed by atoms with Crippen molar-refractivity contribution in [2.24, 2.45) is 0 Å². The number of rotatable bonds is 4. The van der Waals surface area contributed by atoms with E-state index in [1.165, 1.54) is 13.0 Å². The van der Waals surface area contributed by atoms with E-state index in [1.54, 1.807) is 26.0 Å². The number of esters is 1. The van der Waals surface area contributed by atoms with Gasteiger partial charge in [0, 0.05) is 21.2 Å². The van der Waals surface area contributed by atoms with Crippen LogP contribution < -0.4 is 0 Å². The molecule has 0 heterocycles. The van der Waals surface area contributed by atoms with Crippen LogP contribution >= 0.6 is 15.9 Å². The maximum Gasteiger partial charge on any atom is 0.338 e. The Labute approximate surface area is 143 Å². The molecular formula is C18H17BrO4. The van der Waals surface area contributed by atoms with E-state index in [2.05, 4.69) is 15.9 Å². The first-order chi connectivity index (χ1) is 10.9. The van der Waals surface area contributed by atoms with Gasteiger partial charge in [-0.1, -0.05) is 34.1 Å². The third-order valence-corrected chi connectivity index (χ3v) is 4.26. The molecule has 2 rings (SSSR count). The van der Waals surface area contributed by atoms with Gasteiger partial charge in [-0.3, -0.25) is 4.79 Å². The molecule has 1 aromatic rings. The van der Waals surface area contributed by atoms with Gasteiger partial charge in [-0.2, -0.15) is 0 Å². The first-order valence-electron chi connectivity index (χ1n) is 7.18. The van der Waals surface area contributed by atoms with Gasteiger partial charge in [0.15, 0.2) is 5.78 Å². The van der Waals surface area contributed by atoms with E-state index in [1.807, 2.05) is 12.1 Å². The van der Waals surface area contributed by atoms with Gasteiger partial charge in [0.25, 0.3) is 0 Å². The Hall–Kier alpha value is -2.14. The quantitative estimate of drug-likeness (QED) is 0.633. The van der Waals surface area contributed by atoms with Gasteiger partial charge in [-0.15, -0.1) is 0 Å². The number of ketones is 1. The van der Waals surface area contributed by atoms with Crippen LogP contribution in [0.1, 0.15) is 26.3 Å². The van der Waals surface area contributed by atoms with E-state index in [9.17, 15) is 14.7 Å². The molecule has 0 aromatic heterocycles. The summed E-state index contributed by atoms with van der Waals surface area (Å²) in [6, 6.07) is 7.20. The summed E-state index contributed by atoms with van der Waals surface area (Å²) in [7, 11) is 0. The van der Waals surface area contributed by atoms with Crippen LogP contribution in [0.15, 0.2) is 57.1 Å². The lowest BCUT2D eigenvalue weighted by Gasteiger charge is -2.08. The Kier molecular flexibility index (Phi) is 5.21. The lowest BCUT2D eigenvalue weighted by atomic mass is 10.0. The highest BCUT2D eigenvalue weighted by Crippen LogP contribution is 2.37. The van der Waals surface area contributed by atoms with Gasteiger partial charge in [0.1, 0.15) is 5.76 Å². The molecule has 5 heteroatoms. The van der Waals surface area contributed by atoms with E-state index in [4.69, 9.17) is 4.74 Å². The lowest BCUT2D eigenvalue weighted by molar-refractivity contribution is -0.138. The van der Waals surface area contributed by atoms with E-state index >= 15 is 0 Å². The summed E-state index contributed by atoms with van der Waals surface area (Å²) >= 11 is 3.39. The maximum atomic E-state index is 12.1. The Morgan fingerprint density at radius 1 is 1.26 bits per heavy atom. The SMILES string of the molecule is CCOC(=O)C1=C/C(=C(/O)c2ccccc2Br)C(C)=C1C(C)=O. The molecule has 0 spiro atoms. The van der Waals surface area contributed by atoms with Crippen molar-refractivity contribution in [1.29, 1.82) is 0 Å². The molecule has 1 N–H and O–H groups in total. The molecular weight excluding hydrogens is 360 g/mol. The summed E-state index contributed by atoms with van der Waals surface area (Å²) in [4.78, 5) is 24.0. The largest absolute Gasteiger partial charge is 0.507 e. The Bertz CT molecular complexity index is 769. The monoisotopic (exact) mass is 376 g/mol. The van der Waals surface area contributed by atoms with Gasteiger partial charge in [0.05, 0.1) is 12.2 Å². The van der Waals surface area contributed by atoms with Crippen LogP contribution in [0.2, 0.25) is 0 Å². The van der Waals surface area contributed by atoms with Crippen molar-refractivity contribution in [3.8, 4) is 0 Å². The van der Waals surface area contributed by atoms with Crippen molar-refractivity contribution in [3.63, 3.8) is 0 Å². The Morgan fingerprint density at radius 3 is 2.48 bits per heavy atom. The molecule has 0 unspecified atom stereocenters. The number of carbonyl (C=O) groups is 2. The third kappa shape index (κ3) is 3.29. The minimum atomic E-state index is -0.563. The summed E-state index contributed by atoms with van der Waals surface area (Å²) < 4.78 is 5.73. The second kappa shape index (κ2) is 6.96. The average molecular weight is 377 g/mol. The molecule has 1 aliphatic rings. The summed E-state index contributed by atoms with van der Waals surface area (Å²) in [6.45, 7) is 5.02. The van der Waals surface area contributed by atoms with Gasteiger partial charge in [-0.25, -0.2) is 4.79 Å². The molecule has 23 heavy (non-hydrogen) atoms. The minimum absolute atomic E-state index is 0.00743. The topological polar surface area (TPSA) is 63.6 Å². The molecule has 0 saturated heterocycles. The molecule has 1 aliphatic carbocycles. The zero-order valence-corrected chi connectivity index (χ0v) is 14.7. The van der Waals surface area contributed by atoms with E-state index in [0.717, 1.165) is 4.47 Å². The van der Waals surface area contributed by atoms with Gasteiger partial charge < -0.3 is 9.84 Å². The number of aliphatic hydroxyl groups excluding tert-OH is 1. The zero-order chi connectivity index (χ0) is 17.1. The Balaban J connectivity index is 2.64. The molecule has 0 radical (unpaired) electrons. The van der Waals surface area contributed by atoms with E-state index in [-0.39, 0.29) is 29.3 Å². The first kappa shape index (κ1) is 17.2. The number of aliphatic hydroxyl groups is 1. The number of carbonyl (C=O) groups excluding carboxylic acids is 2. The molecule has 0 saturated carbocycles. The molecule has 0 atom stereocenters. The van der Waals surface area contributed by atoms with Crippen LogP contribution in [0, 0.1) is 0 Å². The highest BCUT2D eigenvalue weighted by atomic mass is 79.9. The molecule has 120 valence electrons. The smallest absolute Gasteiger partial charge is 0.338 e. The highest BCUT2D eigenvalue weighted by Gasteiger charge is 2.30. The zero-order valence-electron chi connectivity index (χ0n) is 13.1. The number of halogens is 1. The van der Waals surface area contributed by atoms with Crippen LogP contribution in [0.4, 0.5) is 0 Å². The molecule has 0 bridgehead atoms. The minimum Gasteiger partial charge on any atom is -0.507 e. The second-order valence-corrected chi connectivity index (χ2v) is 5.93.